The summed E-state index contributed by atoms with van der Waals surface area (Å²) in [5.74, 6) is 0.699. The average molecular weight is 282 g/mol. The normalized spacial score (nSPS) is 12.2. The first-order chi connectivity index (χ1) is 8.66. The van der Waals surface area contributed by atoms with Crippen molar-refractivity contribution < 1.29 is 4.74 Å². The Hall–Kier alpha value is -1.22. The van der Waals surface area contributed by atoms with Crippen LogP contribution in [0.25, 0.3) is 0 Å². The van der Waals surface area contributed by atoms with Gasteiger partial charge in [-0.15, -0.1) is 0 Å². The van der Waals surface area contributed by atoms with Crippen LogP contribution in [0.5, 0.6) is 5.75 Å². The van der Waals surface area contributed by atoms with Crippen molar-refractivity contribution in [2.45, 2.75) is 6.04 Å². The topological polar surface area (TPSA) is 35.2 Å². The van der Waals surface area contributed by atoms with E-state index >= 15 is 0 Å². The molecule has 0 bridgehead atoms. The fourth-order valence-corrected chi connectivity index (χ4v) is 2.06. The first kappa shape index (κ1) is 13.2. The van der Waals surface area contributed by atoms with Crippen LogP contribution < -0.4 is 10.5 Å². The summed E-state index contributed by atoms with van der Waals surface area (Å²) in [7, 11) is 0. The van der Waals surface area contributed by atoms with Crippen LogP contribution in [0, 0.1) is 0 Å². The van der Waals surface area contributed by atoms with Crippen molar-refractivity contribution in [3.8, 4) is 5.75 Å². The van der Waals surface area contributed by atoms with E-state index in [0.29, 0.717) is 22.4 Å². The predicted molar refractivity (Wildman–Crippen MR) is 75.3 cm³/mol. The molecular weight excluding hydrogens is 269 g/mol. The van der Waals surface area contributed by atoms with E-state index < -0.39 is 0 Å². The average Bonchev–Trinajstić information content (AvgIpc) is 2.37. The smallest absolute Gasteiger partial charge is 0.120 e. The van der Waals surface area contributed by atoms with Gasteiger partial charge in [0.1, 0.15) is 12.4 Å². The number of rotatable bonds is 4. The van der Waals surface area contributed by atoms with Crippen LogP contribution in [0.3, 0.4) is 0 Å². The van der Waals surface area contributed by atoms with E-state index in [1.807, 2.05) is 36.4 Å². The quantitative estimate of drug-likeness (QED) is 0.917. The molecule has 2 N–H and O–H groups in total. The molecule has 1 unspecified atom stereocenters. The zero-order chi connectivity index (χ0) is 13.0. The number of nitrogens with two attached hydrogens (primary N) is 1. The lowest BCUT2D eigenvalue weighted by Crippen LogP contribution is -2.19. The lowest BCUT2D eigenvalue weighted by Gasteiger charge is -2.14. The highest BCUT2D eigenvalue weighted by Gasteiger charge is 2.10. The third-order valence-corrected chi connectivity index (χ3v) is 3.11. The van der Waals surface area contributed by atoms with Crippen LogP contribution in [0.1, 0.15) is 11.6 Å². The highest BCUT2D eigenvalue weighted by atomic mass is 35.5. The van der Waals surface area contributed by atoms with E-state index in [4.69, 9.17) is 33.7 Å². The fraction of sp³-hybridized carbons (Fsp3) is 0.143. The van der Waals surface area contributed by atoms with Crippen LogP contribution in [-0.2, 0) is 0 Å². The number of hydrogen-bond donors (Lipinski definition) is 1. The molecule has 2 nitrogen and oxygen atoms in total. The van der Waals surface area contributed by atoms with E-state index in [-0.39, 0.29) is 6.04 Å². The summed E-state index contributed by atoms with van der Waals surface area (Å²) in [5.41, 5.74) is 6.92. The van der Waals surface area contributed by atoms with Crippen molar-refractivity contribution in [1.29, 1.82) is 0 Å². The highest BCUT2D eigenvalue weighted by molar-refractivity contribution is 6.31. The van der Waals surface area contributed by atoms with E-state index in [1.165, 1.54) is 0 Å². The summed E-state index contributed by atoms with van der Waals surface area (Å²) in [5, 5.41) is 1.29. The zero-order valence-electron chi connectivity index (χ0n) is 9.64. The van der Waals surface area contributed by atoms with Gasteiger partial charge in [-0.25, -0.2) is 0 Å². The van der Waals surface area contributed by atoms with Crippen molar-refractivity contribution in [2.24, 2.45) is 5.73 Å². The molecule has 0 saturated heterocycles. The van der Waals surface area contributed by atoms with Gasteiger partial charge >= 0.3 is 0 Å². The van der Waals surface area contributed by atoms with Gasteiger partial charge in [0.05, 0.1) is 6.04 Å². The van der Waals surface area contributed by atoms with Crippen LogP contribution in [0.4, 0.5) is 0 Å². The SMILES string of the molecule is NC(COc1cccc(Cl)c1)c1ccccc1Cl. The molecule has 0 amide bonds. The Kier molecular flexibility index (Phi) is 4.48. The fourth-order valence-electron chi connectivity index (χ4n) is 1.61. The lowest BCUT2D eigenvalue weighted by atomic mass is 10.1. The first-order valence-corrected chi connectivity index (χ1v) is 6.31. The molecule has 0 aliphatic heterocycles. The van der Waals surface area contributed by atoms with Gasteiger partial charge in [-0.1, -0.05) is 47.5 Å². The Balaban J connectivity index is 2.00. The second-order valence-electron chi connectivity index (χ2n) is 3.90. The maximum Gasteiger partial charge on any atom is 0.120 e. The number of ether oxygens (including phenoxy) is 1. The standard InChI is InChI=1S/C14H13Cl2NO/c15-10-4-3-5-11(8-10)18-9-14(17)12-6-1-2-7-13(12)16/h1-8,14H,9,17H2. The molecule has 2 aromatic carbocycles. The number of hydrogen-bond acceptors (Lipinski definition) is 2. The van der Waals surface area contributed by atoms with Crippen molar-refractivity contribution in [3.05, 3.63) is 64.1 Å². The summed E-state index contributed by atoms with van der Waals surface area (Å²) in [4.78, 5) is 0. The van der Waals surface area contributed by atoms with Crippen LogP contribution >= 0.6 is 23.2 Å². The summed E-state index contributed by atoms with van der Waals surface area (Å²) in [6, 6.07) is 14.4. The lowest BCUT2D eigenvalue weighted by molar-refractivity contribution is 0.291. The Morgan fingerprint density at radius 2 is 1.83 bits per heavy atom. The van der Waals surface area contributed by atoms with Gasteiger partial charge in [0, 0.05) is 10.0 Å². The Morgan fingerprint density at radius 3 is 2.56 bits per heavy atom. The van der Waals surface area contributed by atoms with Crippen LogP contribution in [0.15, 0.2) is 48.5 Å². The molecule has 0 radical (unpaired) electrons. The molecule has 0 fully saturated rings. The molecule has 0 aliphatic carbocycles. The summed E-state index contributed by atoms with van der Waals surface area (Å²) in [6.07, 6.45) is 0. The maximum atomic E-state index is 6.07. The summed E-state index contributed by atoms with van der Waals surface area (Å²) < 4.78 is 5.59. The molecular formula is C14H13Cl2NO. The van der Waals surface area contributed by atoms with Gasteiger partial charge < -0.3 is 10.5 Å². The van der Waals surface area contributed by atoms with E-state index in [2.05, 4.69) is 0 Å². The first-order valence-electron chi connectivity index (χ1n) is 5.55. The van der Waals surface area contributed by atoms with Crippen molar-refractivity contribution in [3.63, 3.8) is 0 Å². The Labute approximate surface area is 116 Å². The number of halogens is 2. The number of benzene rings is 2. The molecule has 0 heterocycles. The van der Waals surface area contributed by atoms with Crippen LogP contribution in [-0.4, -0.2) is 6.61 Å². The van der Waals surface area contributed by atoms with Gasteiger partial charge in [0.2, 0.25) is 0 Å². The van der Waals surface area contributed by atoms with Crippen molar-refractivity contribution in [2.75, 3.05) is 6.61 Å². The second kappa shape index (κ2) is 6.10. The van der Waals surface area contributed by atoms with Crippen LogP contribution in [0.2, 0.25) is 10.0 Å². The molecule has 0 aliphatic rings. The minimum absolute atomic E-state index is 0.266. The minimum atomic E-state index is -0.266. The zero-order valence-corrected chi connectivity index (χ0v) is 11.2. The van der Waals surface area contributed by atoms with Gasteiger partial charge in [0.25, 0.3) is 0 Å². The van der Waals surface area contributed by atoms with Crippen molar-refractivity contribution >= 4 is 23.2 Å². The van der Waals surface area contributed by atoms with E-state index in [9.17, 15) is 0 Å². The molecule has 0 spiro atoms. The summed E-state index contributed by atoms with van der Waals surface area (Å²) in [6.45, 7) is 0.351. The highest BCUT2D eigenvalue weighted by Crippen LogP contribution is 2.23. The third-order valence-electron chi connectivity index (χ3n) is 2.53. The van der Waals surface area contributed by atoms with Gasteiger partial charge in [0.15, 0.2) is 0 Å². The van der Waals surface area contributed by atoms with Gasteiger partial charge in [-0.2, -0.15) is 0 Å². The molecule has 1 atom stereocenters. The molecule has 2 aromatic rings. The van der Waals surface area contributed by atoms with Crippen molar-refractivity contribution in [1.82, 2.24) is 0 Å². The van der Waals surface area contributed by atoms with E-state index in [0.717, 1.165) is 5.56 Å². The molecule has 94 valence electrons. The Morgan fingerprint density at radius 1 is 1.06 bits per heavy atom. The van der Waals surface area contributed by atoms with Gasteiger partial charge in [-0.05, 0) is 29.8 Å². The maximum absolute atomic E-state index is 6.07. The molecule has 0 aromatic heterocycles. The molecule has 0 saturated carbocycles. The molecule has 4 heteroatoms. The molecule has 2 rings (SSSR count). The monoisotopic (exact) mass is 281 g/mol. The second-order valence-corrected chi connectivity index (χ2v) is 4.74. The molecule has 18 heavy (non-hydrogen) atoms. The third kappa shape index (κ3) is 3.39. The summed E-state index contributed by atoms with van der Waals surface area (Å²) >= 11 is 11.9. The van der Waals surface area contributed by atoms with E-state index in [1.54, 1.807) is 12.1 Å². The predicted octanol–water partition coefficient (Wildman–Crippen LogP) is 4.07. The van der Waals surface area contributed by atoms with Gasteiger partial charge in [-0.3, -0.25) is 0 Å². The Bertz CT molecular complexity index is 531. The largest absolute Gasteiger partial charge is 0.492 e. The minimum Gasteiger partial charge on any atom is -0.492 e.